The molecule has 4 aliphatic rings. The van der Waals surface area contributed by atoms with Crippen molar-refractivity contribution in [3.63, 3.8) is 0 Å². The van der Waals surface area contributed by atoms with Crippen molar-refractivity contribution >= 4 is 0 Å². The molecule has 0 aromatic heterocycles. The summed E-state index contributed by atoms with van der Waals surface area (Å²) in [5, 5.41) is 11.1. The Bertz CT molecular complexity index is 700. The molecule has 1 N–H and O–H groups in total. The van der Waals surface area contributed by atoms with Gasteiger partial charge in [-0.3, -0.25) is 0 Å². The van der Waals surface area contributed by atoms with Crippen LogP contribution in [0.25, 0.3) is 0 Å². The Balaban J connectivity index is 1.14. The highest BCUT2D eigenvalue weighted by molar-refractivity contribution is 4.94. The van der Waals surface area contributed by atoms with E-state index in [1.807, 2.05) is 0 Å². The molecule has 0 bridgehead atoms. The molecule has 4 rings (SSSR count). The van der Waals surface area contributed by atoms with E-state index in [2.05, 4.69) is 13.8 Å². The van der Waals surface area contributed by atoms with Crippen LogP contribution in [-0.4, -0.2) is 29.7 Å². The van der Waals surface area contributed by atoms with Gasteiger partial charge >= 0.3 is 0 Å². The van der Waals surface area contributed by atoms with Gasteiger partial charge < -0.3 is 5.11 Å². The van der Waals surface area contributed by atoms with Crippen LogP contribution in [0, 0.1) is 47.3 Å². The Morgan fingerprint density at radius 3 is 1.83 bits per heavy atom. The van der Waals surface area contributed by atoms with Crippen LogP contribution in [0.5, 0.6) is 0 Å². The van der Waals surface area contributed by atoms with Crippen molar-refractivity contribution < 1.29 is 18.3 Å². The molecular weight excluding hydrogens is 517 g/mol. The third-order valence-corrected chi connectivity index (χ3v) is 12.7. The van der Waals surface area contributed by atoms with Crippen LogP contribution in [0.2, 0.25) is 0 Å². The molecule has 4 fully saturated rings. The second-order valence-electron chi connectivity index (χ2n) is 15.4. The fourth-order valence-corrected chi connectivity index (χ4v) is 9.89. The van der Waals surface area contributed by atoms with E-state index in [9.17, 15) is 5.11 Å². The highest BCUT2D eigenvalue weighted by atomic mass is 19.2. The average Bonchev–Trinajstić information content (AvgIpc) is 2.98. The third kappa shape index (κ3) is 9.62. The Kier molecular flexibility index (Phi) is 14.2. The monoisotopic (exact) mass is 582 g/mol. The van der Waals surface area contributed by atoms with Gasteiger partial charge in [0, 0.05) is 0 Å². The summed E-state index contributed by atoms with van der Waals surface area (Å²) in [6.45, 7) is 4.48. The number of hydrogen-bond acceptors (Lipinski definition) is 1. The molecule has 4 aliphatic carbocycles. The molecule has 0 aromatic rings. The summed E-state index contributed by atoms with van der Waals surface area (Å²) in [6.07, 6.45) is 20.8. The maximum Gasteiger partial charge on any atom is 0.134 e. The SMILES string of the molecule is CCCCCCC1CCC(C2CCC(CC(O)C3CCC(C4CCC(CCCCC)CC4F)CC3)C(F)C2F)CC1. The molecule has 0 spiro atoms. The van der Waals surface area contributed by atoms with Gasteiger partial charge in [-0.05, 0) is 124 Å². The van der Waals surface area contributed by atoms with Gasteiger partial charge in [0.15, 0.2) is 0 Å². The maximum atomic E-state index is 15.5. The maximum absolute atomic E-state index is 15.5. The summed E-state index contributed by atoms with van der Waals surface area (Å²) < 4.78 is 46.1. The van der Waals surface area contributed by atoms with E-state index in [1.54, 1.807) is 0 Å². The minimum Gasteiger partial charge on any atom is -0.393 e. The lowest BCUT2D eigenvalue weighted by Gasteiger charge is -2.43. The second-order valence-corrected chi connectivity index (χ2v) is 15.4. The predicted molar refractivity (Wildman–Crippen MR) is 166 cm³/mol. The first-order chi connectivity index (χ1) is 19.9. The average molecular weight is 583 g/mol. The standard InChI is InChI=1S/C37H65F3O/c1-3-5-7-9-10-26-12-15-29(16-13-26)33-23-21-31(36(39)37(33)40)25-35(41)30-19-17-28(18-20-30)32-22-14-27(24-34(32)38)11-8-6-4-2/h26-37,41H,3-25H2,1-2H3. The summed E-state index contributed by atoms with van der Waals surface area (Å²) in [4.78, 5) is 0. The van der Waals surface area contributed by atoms with Gasteiger partial charge in [-0.2, -0.15) is 0 Å². The van der Waals surface area contributed by atoms with Crippen LogP contribution < -0.4 is 0 Å². The van der Waals surface area contributed by atoms with Crippen molar-refractivity contribution in [2.24, 2.45) is 47.3 Å². The normalized spacial score (nSPS) is 41.3. The molecule has 4 heteroatoms. The quantitative estimate of drug-likeness (QED) is 0.202. The van der Waals surface area contributed by atoms with Crippen LogP contribution in [0.15, 0.2) is 0 Å². The molecule has 0 saturated heterocycles. The zero-order valence-corrected chi connectivity index (χ0v) is 26.8. The van der Waals surface area contributed by atoms with Crippen LogP contribution >= 0.6 is 0 Å². The lowest BCUT2D eigenvalue weighted by molar-refractivity contribution is -0.0384. The molecule has 8 unspecified atom stereocenters. The minimum absolute atomic E-state index is 0.120. The molecule has 8 atom stereocenters. The van der Waals surface area contributed by atoms with Crippen molar-refractivity contribution in [2.45, 2.75) is 186 Å². The lowest BCUT2D eigenvalue weighted by atomic mass is 9.65. The van der Waals surface area contributed by atoms with Crippen molar-refractivity contribution in [2.75, 3.05) is 0 Å². The van der Waals surface area contributed by atoms with E-state index in [1.165, 1.54) is 77.0 Å². The summed E-state index contributed by atoms with van der Waals surface area (Å²) in [5.41, 5.74) is 0. The molecule has 240 valence electrons. The molecule has 4 saturated carbocycles. The Morgan fingerprint density at radius 2 is 1.15 bits per heavy atom. The molecule has 41 heavy (non-hydrogen) atoms. The van der Waals surface area contributed by atoms with Gasteiger partial charge in [0.05, 0.1) is 6.10 Å². The first-order valence-corrected chi connectivity index (χ1v) is 18.5. The molecule has 0 heterocycles. The van der Waals surface area contributed by atoms with Crippen LogP contribution in [0.1, 0.15) is 162 Å². The van der Waals surface area contributed by atoms with Crippen molar-refractivity contribution in [1.82, 2.24) is 0 Å². The number of rotatable bonds is 14. The van der Waals surface area contributed by atoms with E-state index in [4.69, 9.17) is 0 Å². The number of alkyl halides is 3. The third-order valence-electron chi connectivity index (χ3n) is 12.7. The predicted octanol–water partition coefficient (Wildman–Crippen LogP) is 11.4. The molecule has 0 aromatic carbocycles. The highest BCUT2D eigenvalue weighted by Gasteiger charge is 2.45. The van der Waals surface area contributed by atoms with Crippen LogP contribution in [0.3, 0.4) is 0 Å². The molecular formula is C37H65F3O. The Morgan fingerprint density at radius 1 is 0.585 bits per heavy atom. The van der Waals surface area contributed by atoms with E-state index in [-0.39, 0.29) is 23.7 Å². The van der Waals surface area contributed by atoms with Gasteiger partial charge in [0.25, 0.3) is 0 Å². The molecule has 0 amide bonds. The number of hydrogen-bond donors (Lipinski definition) is 1. The first kappa shape index (κ1) is 33.6. The van der Waals surface area contributed by atoms with Gasteiger partial charge in [-0.1, -0.05) is 84.5 Å². The van der Waals surface area contributed by atoms with Gasteiger partial charge in [-0.25, -0.2) is 13.2 Å². The highest BCUT2D eigenvalue weighted by Crippen LogP contribution is 2.48. The number of aliphatic hydroxyl groups is 1. The Labute approximate surface area is 251 Å². The first-order valence-electron chi connectivity index (χ1n) is 18.5. The largest absolute Gasteiger partial charge is 0.393 e. The lowest BCUT2D eigenvalue weighted by Crippen LogP contribution is -2.44. The van der Waals surface area contributed by atoms with Crippen molar-refractivity contribution in [3.05, 3.63) is 0 Å². The van der Waals surface area contributed by atoms with Crippen LogP contribution in [0.4, 0.5) is 13.2 Å². The molecule has 1 nitrogen and oxygen atoms in total. The van der Waals surface area contributed by atoms with E-state index < -0.39 is 24.6 Å². The smallest absolute Gasteiger partial charge is 0.134 e. The summed E-state index contributed by atoms with van der Waals surface area (Å²) in [6, 6.07) is 0. The van der Waals surface area contributed by atoms with E-state index >= 15 is 13.2 Å². The zero-order chi connectivity index (χ0) is 29.2. The molecule has 0 aliphatic heterocycles. The number of halogens is 3. The van der Waals surface area contributed by atoms with E-state index in [0.29, 0.717) is 24.2 Å². The van der Waals surface area contributed by atoms with Crippen molar-refractivity contribution in [3.8, 4) is 0 Å². The van der Waals surface area contributed by atoms with Gasteiger partial charge in [0.2, 0.25) is 0 Å². The summed E-state index contributed by atoms with van der Waals surface area (Å²) in [7, 11) is 0. The topological polar surface area (TPSA) is 20.2 Å². The summed E-state index contributed by atoms with van der Waals surface area (Å²) >= 11 is 0. The van der Waals surface area contributed by atoms with E-state index in [0.717, 1.165) is 70.1 Å². The Hall–Kier alpha value is -0.250. The van der Waals surface area contributed by atoms with Gasteiger partial charge in [0.1, 0.15) is 18.5 Å². The summed E-state index contributed by atoms with van der Waals surface area (Å²) in [5.74, 6) is 2.06. The second kappa shape index (κ2) is 17.3. The minimum atomic E-state index is -1.42. The van der Waals surface area contributed by atoms with Crippen molar-refractivity contribution in [1.29, 1.82) is 0 Å². The number of unbranched alkanes of at least 4 members (excludes halogenated alkanes) is 5. The van der Waals surface area contributed by atoms with Crippen LogP contribution in [-0.2, 0) is 0 Å². The fourth-order valence-electron chi connectivity index (χ4n) is 9.89. The zero-order valence-electron chi connectivity index (χ0n) is 26.8. The number of aliphatic hydroxyl groups excluding tert-OH is 1. The fraction of sp³-hybridized carbons (Fsp3) is 1.00. The van der Waals surface area contributed by atoms with Gasteiger partial charge in [-0.15, -0.1) is 0 Å². The molecule has 0 radical (unpaired) electrons.